The monoisotopic (exact) mass is 241 g/mol. The van der Waals surface area contributed by atoms with Crippen molar-refractivity contribution in [3.63, 3.8) is 0 Å². The first kappa shape index (κ1) is 13.2. The highest BCUT2D eigenvalue weighted by Gasteiger charge is 2.21. The van der Waals surface area contributed by atoms with Crippen molar-refractivity contribution in [1.82, 2.24) is 9.97 Å². The molecule has 90 valence electrons. The second-order valence-electron chi connectivity index (χ2n) is 5.08. The summed E-state index contributed by atoms with van der Waals surface area (Å²) >= 11 is 6.04. The van der Waals surface area contributed by atoms with Crippen LogP contribution in [-0.4, -0.2) is 16.0 Å². The Morgan fingerprint density at radius 2 is 2.00 bits per heavy atom. The van der Waals surface area contributed by atoms with E-state index in [1.165, 1.54) is 6.33 Å². The van der Waals surface area contributed by atoms with Crippen molar-refractivity contribution in [3.8, 4) is 0 Å². The number of halogens is 1. The van der Waals surface area contributed by atoms with Gasteiger partial charge in [-0.25, -0.2) is 9.97 Å². The topological polar surface area (TPSA) is 37.8 Å². The highest BCUT2D eigenvalue weighted by atomic mass is 35.5. The molecule has 1 aromatic rings. The summed E-state index contributed by atoms with van der Waals surface area (Å²) in [5.74, 6) is 0.852. The van der Waals surface area contributed by atoms with Crippen LogP contribution in [0.4, 0.5) is 5.82 Å². The molecule has 0 saturated carbocycles. The van der Waals surface area contributed by atoms with Crippen LogP contribution in [0, 0.1) is 5.41 Å². The third kappa shape index (κ3) is 3.08. The van der Waals surface area contributed by atoms with Gasteiger partial charge in [0.05, 0.1) is 0 Å². The van der Waals surface area contributed by atoms with Gasteiger partial charge < -0.3 is 5.32 Å². The van der Waals surface area contributed by atoms with Gasteiger partial charge in [-0.3, -0.25) is 0 Å². The fourth-order valence-corrected chi connectivity index (χ4v) is 1.52. The molecule has 1 aromatic heterocycles. The first-order chi connectivity index (χ1) is 7.36. The Balaban J connectivity index is 2.93. The Kier molecular flexibility index (Phi) is 4.14. The van der Waals surface area contributed by atoms with Crippen LogP contribution in [0.1, 0.15) is 40.2 Å². The van der Waals surface area contributed by atoms with Crippen molar-refractivity contribution < 1.29 is 0 Å². The fraction of sp³-hybridized carbons (Fsp3) is 0.667. The van der Waals surface area contributed by atoms with Gasteiger partial charge in [-0.15, -0.1) is 0 Å². The lowest BCUT2D eigenvalue weighted by Gasteiger charge is -2.29. The number of hydrogen-bond acceptors (Lipinski definition) is 3. The Bertz CT molecular complexity index is 358. The van der Waals surface area contributed by atoms with Crippen LogP contribution in [0.2, 0.25) is 5.15 Å². The number of aromatic nitrogens is 2. The summed E-state index contributed by atoms with van der Waals surface area (Å²) in [5.41, 5.74) is 1.17. The Hall–Kier alpha value is -0.830. The molecular formula is C12H20ClN3. The van der Waals surface area contributed by atoms with Gasteiger partial charge in [0.15, 0.2) is 0 Å². The summed E-state index contributed by atoms with van der Waals surface area (Å²) in [6.45, 7) is 10.8. The Morgan fingerprint density at radius 1 is 1.38 bits per heavy atom. The van der Waals surface area contributed by atoms with Crippen LogP contribution in [0.15, 0.2) is 6.33 Å². The number of hydrogen-bond donors (Lipinski definition) is 1. The minimum absolute atomic E-state index is 0.183. The van der Waals surface area contributed by atoms with E-state index in [0.29, 0.717) is 11.2 Å². The summed E-state index contributed by atoms with van der Waals surface area (Å²) in [6, 6.07) is 0.323. The molecule has 0 radical (unpaired) electrons. The summed E-state index contributed by atoms with van der Waals surface area (Å²) in [4.78, 5) is 8.25. The summed E-state index contributed by atoms with van der Waals surface area (Å²) < 4.78 is 0. The standard InChI is InChI=1S/C12H20ClN3/c1-6-9-10(13)14-7-15-11(9)16-8(2)12(3,4)5/h7-8H,6H2,1-5H3,(H,14,15,16). The predicted octanol–water partition coefficient (Wildman–Crippen LogP) is 3.54. The number of rotatable bonds is 3. The average Bonchev–Trinajstić information content (AvgIpc) is 2.16. The van der Waals surface area contributed by atoms with Gasteiger partial charge in [-0.1, -0.05) is 39.3 Å². The second-order valence-corrected chi connectivity index (χ2v) is 5.44. The highest BCUT2D eigenvalue weighted by molar-refractivity contribution is 6.30. The molecule has 16 heavy (non-hydrogen) atoms. The van der Waals surface area contributed by atoms with Crippen molar-refractivity contribution in [1.29, 1.82) is 0 Å². The van der Waals surface area contributed by atoms with E-state index in [2.05, 4.69) is 49.9 Å². The zero-order valence-corrected chi connectivity index (χ0v) is 11.4. The lowest BCUT2D eigenvalue weighted by atomic mass is 9.88. The molecular weight excluding hydrogens is 222 g/mol. The normalized spacial score (nSPS) is 13.6. The zero-order valence-electron chi connectivity index (χ0n) is 10.6. The lowest BCUT2D eigenvalue weighted by molar-refractivity contribution is 0.358. The van der Waals surface area contributed by atoms with Gasteiger partial charge >= 0.3 is 0 Å². The minimum atomic E-state index is 0.183. The van der Waals surface area contributed by atoms with E-state index in [1.807, 2.05) is 0 Å². The molecule has 0 amide bonds. The van der Waals surface area contributed by atoms with E-state index >= 15 is 0 Å². The molecule has 3 nitrogen and oxygen atoms in total. The maximum Gasteiger partial charge on any atom is 0.137 e. The lowest BCUT2D eigenvalue weighted by Crippen LogP contribution is -2.31. The first-order valence-electron chi connectivity index (χ1n) is 5.62. The molecule has 0 spiro atoms. The van der Waals surface area contributed by atoms with Crippen LogP contribution < -0.4 is 5.32 Å². The molecule has 1 rings (SSSR count). The highest BCUT2D eigenvalue weighted by Crippen LogP contribution is 2.26. The third-order valence-electron chi connectivity index (χ3n) is 2.90. The smallest absolute Gasteiger partial charge is 0.137 e. The third-order valence-corrected chi connectivity index (χ3v) is 3.22. The molecule has 1 N–H and O–H groups in total. The van der Waals surface area contributed by atoms with Gasteiger partial charge in [0.25, 0.3) is 0 Å². The number of anilines is 1. The van der Waals surface area contributed by atoms with E-state index in [1.54, 1.807) is 0 Å². The molecule has 1 atom stereocenters. The van der Waals surface area contributed by atoms with Crippen molar-refractivity contribution in [2.45, 2.75) is 47.1 Å². The molecule has 1 unspecified atom stereocenters. The summed E-state index contributed by atoms with van der Waals surface area (Å²) in [5, 5.41) is 3.95. The van der Waals surface area contributed by atoms with E-state index in [-0.39, 0.29) is 5.41 Å². The van der Waals surface area contributed by atoms with E-state index in [4.69, 9.17) is 11.6 Å². The molecule has 0 fully saturated rings. The van der Waals surface area contributed by atoms with Crippen molar-refractivity contribution in [2.24, 2.45) is 5.41 Å². The van der Waals surface area contributed by atoms with Crippen molar-refractivity contribution in [2.75, 3.05) is 5.32 Å². The quantitative estimate of drug-likeness (QED) is 0.823. The van der Waals surface area contributed by atoms with Gasteiger partial charge in [-0.2, -0.15) is 0 Å². The number of nitrogens with one attached hydrogen (secondary N) is 1. The largest absolute Gasteiger partial charge is 0.367 e. The van der Waals surface area contributed by atoms with Crippen LogP contribution >= 0.6 is 11.6 Å². The maximum absolute atomic E-state index is 6.04. The summed E-state index contributed by atoms with van der Waals surface area (Å²) in [6.07, 6.45) is 2.33. The molecule has 0 bridgehead atoms. The molecule has 0 aliphatic carbocycles. The summed E-state index contributed by atoms with van der Waals surface area (Å²) in [7, 11) is 0. The Morgan fingerprint density at radius 3 is 2.50 bits per heavy atom. The van der Waals surface area contributed by atoms with E-state index in [0.717, 1.165) is 17.8 Å². The van der Waals surface area contributed by atoms with Gasteiger partial charge in [0.2, 0.25) is 0 Å². The fourth-order valence-electron chi connectivity index (χ4n) is 1.25. The molecule has 0 saturated heterocycles. The zero-order chi connectivity index (χ0) is 12.3. The Labute approximate surface area is 103 Å². The van der Waals surface area contributed by atoms with E-state index in [9.17, 15) is 0 Å². The molecule has 0 aliphatic heterocycles. The molecule has 0 aromatic carbocycles. The molecule has 1 heterocycles. The predicted molar refractivity (Wildman–Crippen MR) is 69.0 cm³/mol. The average molecular weight is 242 g/mol. The van der Waals surface area contributed by atoms with Gasteiger partial charge in [0.1, 0.15) is 17.3 Å². The van der Waals surface area contributed by atoms with Crippen molar-refractivity contribution >= 4 is 17.4 Å². The molecule has 4 heteroatoms. The van der Waals surface area contributed by atoms with Crippen LogP contribution in [0.5, 0.6) is 0 Å². The van der Waals surface area contributed by atoms with Crippen LogP contribution in [0.25, 0.3) is 0 Å². The minimum Gasteiger partial charge on any atom is -0.367 e. The van der Waals surface area contributed by atoms with Crippen LogP contribution in [0.3, 0.4) is 0 Å². The maximum atomic E-state index is 6.04. The first-order valence-corrected chi connectivity index (χ1v) is 6.00. The molecule has 0 aliphatic rings. The SMILES string of the molecule is CCc1c(Cl)ncnc1NC(C)C(C)(C)C. The van der Waals surface area contributed by atoms with Gasteiger partial charge in [-0.05, 0) is 18.8 Å². The van der Waals surface area contributed by atoms with Crippen molar-refractivity contribution in [3.05, 3.63) is 17.0 Å². The van der Waals surface area contributed by atoms with Crippen LogP contribution in [-0.2, 0) is 6.42 Å². The second kappa shape index (κ2) is 5.00. The van der Waals surface area contributed by atoms with Gasteiger partial charge in [0, 0.05) is 11.6 Å². The number of nitrogens with zero attached hydrogens (tertiary/aromatic N) is 2. The van der Waals surface area contributed by atoms with E-state index < -0.39 is 0 Å².